The number of methoxy groups -OCH3 is 1. The van der Waals surface area contributed by atoms with Gasteiger partial charge in [0, 0.05) is 44.7 Å². The standard InChI is InChI=1S/C32H45N3O3/c1-23-10-13-25(14-11-23)30-9-5-6-28(38-30)15-12-24-20-26(22-33-21-24)32(36)35-18-16-27(17-19-35)34-29-7-3-4-8-31(29)37-2/h10-11,13-14,20-22,27-31,34H,3-9,12,15-19H2,1-2H3/t28-,29+,30+,31-/m1/s1. The van der Waals surface area contributed by atoms with Gasteiger partial charge in [-0.25, -0.2) is 0 Å². The summed E-state index contributed by atoms with van der Waals surface area (Å²) in [6.07, 6.45) is 16.5. The quantitative estimate of drug-likeness (QED) is 0.479. The van der Waals surface area contributed by atoms with Crippen LogP contribution in [0, 0.1) is 6.92 Å². The second kappa shape index (κ2) is 13.2. The van der Waals surface area contributed by atoms with Crippen molar-refractivity contribution in [1.29, 1.82) is 0 Å². The van der Waals surface area contributed by atoms with Gasteiger partial charge in [-0.3, -0.25) is 9.78 Å². The number of hydrogen-bond acceptors (Lipinski definition) is 5. The van der Waals surface area contributed by atoms with Gasteiger partial charge in [0.15, 0.2) is 0 Å². The van der Waals surface area contributed by atoms with Gasteiger partial charge in [0.1, 0.15) is 0 Å². The van der Waals surface area contributed by atoms with E-state index in [1.165, 1.54) is 36.8 Å². The normalized spacial score (nSPS) is 26.8. The summed E-state index contributed by atoms with van der Waals surface area (Å²) in [7, 11) is 1.83. The molecule has 1 aromatic carbocycles. The summed E-state index contributed by atoms with van der Waals surface area (Å²) >= 11 is 0. The van der Waals surface area contributed by atoms with Crippen LogP contribution in [0.1, 0.15) is 97.4 Å². The molecule has 3 fully saturated rings. The Labute approximate surface area is 228 Å². The lowest BCUT2D eigenvalue weighted by Crippen LogP contribution is -2.52. The van der Waals surface area contributed by atoms with Gasteiger partial charge in [-0.2, -0.15) is 0 Å². The zero-order valence-corrected chi connectivity index (χ0v) is 23.2. The van der Waals surface area contributed by atoms with E-state index in [4.69, 9.17) is 9.47 Å². The van der Waals surface area contributed by atoms with Gasteiger partial charge < -0.3 is 19.7 Å². The number of aromatic nitrogens is 1. The summed E-state index contributed by atoms with van der Waals surface area (Å²) in [6.45, 7) is 3.71. The molecule has 0 spiro atoms. The van der Waals surface area contributed by atoms with Crippen LogP contribution in [0.4, 0.5) is 0 Å². The molecule has 6 nitrogen and oxygen atoms in total. The van der Waals surface area contributed by atoms with Crippen LogP contribution in [0.15, 0.2) is 42.7 Å². The molecule has 1 amide bonds. The predicted molar refractivity (Wildman–Crippen MR) is 150 cm³/mol. The van der Waals surface area contributed by atoms with Gasteiger partial charge in [-0.1, -0.05) is 42.7 Å². The summed E-state index contributed by atoms with van der Waals surface area (Å²) in [6, 6.07) is 11.7. The van der Waals surface area contributed by atoms with E-state index >= 15 is 0 Å². The van der Waals surface area contributed by atoms with Crippen molar-refractivity contribution in [2.24, 2.45) is 0 Å². The second-order valence-electron chi connectivity index (χ2n) is 11.6. The van der Waals surface area contributed by atoms with Crippen LogP contribution in [0.5, 0.6) is 0 Å². The molecule has 3 aliphatic rings. The Morgan fingerprint density at radius 2 is 1.82 bits per heavy atom. The molecule has 2 saturated heterocycles. The van der Waals surface area contributed by atoms with Crippen molar-refractivity contribution in [1.82, 2.24) is 15.2 Å². The van der Waals surface area contributed by atoms with Crippen molar-refractivity contribution >= 4 is 5.91 Å². The van der Waals surface area contributed by atoms with Gasteiger partial charge in [-0.05, 0) is 81.9 Å². The summed E-state index contributed by atoms with van der Waals surface area (Å²) in [5.41, 5.74) is 4.40. The number of aryl methyl sites for hydroxylation is 2. The molecule has 2 aromatic rings. The van der Waals surface area contributed by atoms with Crippen LogP contribution in [0.25, 0.3) is 0 Å². The minimum atomic E-state index is 0.110. The first-order chi connectivity index (χ1) is 18.6. The zero-order valence-electron chi connectivity index (χ0n) is 23.2. The first kappa shape index (κ1) is 27.3. The average molecular weight is 520 g/mol. The highest BCUT2D eigenvalue weighted by Crippen LogP contribution is 2.33. The SMILES string of the molecule is CO[C@@H]1CCCC[C@@H]1NC1CCN(C(=O)c2cncc(CC[C@H]3CCC[C@@H](c4ccc(C)cc4)O3)c2)CC1. The fourth-order valence-electron chi connectivity index (χ4n) is 6.51. The van der Waals surface area contributed by atoms with E-state index in [1.807, 2.05) is 24.3 Å². The molecule has 4 atom stereocenters. The van der Waals surface area contributed by atoms with Crippen molar-refractivity contribution in [2.75, 3.05) is 20.2 Å². The fourth-order valence-corrected chi connectivity index (χ4v) is 6.51. The van der Waals surface area contributed by atoms with E-state index in [9.17, 15) is 4.79 Å². The molecule has 206 valence electrons. The lowest BCUT2D eigenvalue weighted by atomic mass is 9.90. The average Bonchev–Trinajstić information content (AvgIpc) is 2.97. The van der Waals surface area contributed by atoms with Crippen LogP contribution in [0.2, 0.25) is 0 Å². The summed E-state index contributed by atoms with van der Waals surface area (Å²) in [4.78, 5) is 19.7. The van der Waals surface area contributed by atoms with Gasteiger partial charge in [0.25, 0.3) is 5.91 Å². The highest BCUT2D eigenvalue weighted by molar-refractivity contribution is 5.94. The molecule has 1 aliphatic carbocycles. The Morgan fingerprint density at radius 3 is 2.61 bits per heavy atom. The number of amides is 1. The molecular formula is C32H45N3O3. The number of nitrogens with one attached hydrogen (secondary N) is 1. The molecular weight excluding hydrogens is 474 g/mol. The van der Waals surface area contributed by atoms with E-state index < -0.39 is 0 Å². The van der Waals surface area contributed by atoms with Crippen molar-refractivity contribution in [3.63, 3.8) is 0 Å². The third-order valence-electron chi connectivity index (χ3n) is 8.83. The third kappa shape index (κ3) is 7.02. The topological polar surface area (TPSA) is 63.7 Å². The smallest absolute Gasteiger partial charge is 0.255 e. The lowest BCUT2D eigenvalue weighted by molar-refractivity contribution is -0.0546. The zero-order chi connectivity index (χ0) is 26.3. The molecule has 3 heterocycles. The highest BCUT2D eigenvalue weighted by atomic mass is 16.5. The van der Waals surface area contributed by atoms with Gasteiger partial charge in [0.2, 0.25) is 0 Å². The Kier molecular flexibility index (Phi) is 9.47. The number of carbonyl (C=O) groups is 1. The Morgan fingerprint density at radius 1 is 1.03 bits per heavy atom. The number of likely N-dealkylation sites (tertiary alicyclic amines) is 1. The number of rotatable bonds is 8. The van der Waals surface area contributed by atoms with Crippen LogP contribution in [-0.4, -0.2) is 60.3 Å². The molecule has 6 heteroatoms. The highest BCUT2D eigenvalue weighted by Gasteiger charge is 2.30. The Balaban J connectivity index is 1.10. The van der Waals surface area contributed by atoms with Crippen molar-refractivity contribution in [3.8, 4) is 0 Å². The van der Waals surface area contributed by atoms with Crippen molar-refractivity contribution < 1.29 is 14.3 Å². The monoisotopic (exact) mass is 519 g/mol. The number of carbonyl (C=O) groups excluding carboxylic acids is 1. The molecule has 38 heavy (non-hydrogen) atoms. The van der Waals surface area contributed by atoms with E-state index in [-0.39, 0.29) is 18.1 Å². The minimum absolute atomic E-state index is 0.110. The predicted octanol–water partition coefficient (Wildman–Crippen LogP) is 5.78. The molecule has 1 N–H and O–H groups in total. The largest absolute Gasteiger partial charge is 0.380 e. The number of ether oxygens (including phenoxy) is 2. The lowest BCUT2D eigenvalue weighted by Gasteiger charge is -2.38. The molecule has 5 rings (SSSR count). The second-order valence-corrected chi connectivity index (χ2v) is 11.6. The number of nitrogens with zero attached hydrogens (tertiary/aromatic N) is 2. The van der Waals surface area contributed by atoms with Crippen molar-refractivity contribution in [3.05, 3.63) is 65.0 Å². The minimum Gasteiger partial charge on any atom is -0.380 e. The van der Waals surface area contributed by atoms with Crippen LogP contribution in [0.3, 0.4) is 0 Å². The third-order valence-corrected chi connectivity index (χ3v) is 8.83. The maximum Gasteiger partial charge on any atom is 0.255 e. The summed E-state index contributed by atoms with van der Waals surface area (Å²) in [5, 5.41) is 3.84. The van der Waals surface area contributed by atoms with Crippen LogP contribution >= 0.6 is 0 Å². The summed E-state index contributed by atoms with van der Waals surface area (Å²) < 4.78 is 12.2. The molecule has 0 radical (unpaired) electrons. The van der Waals surface area contributed by atoms with E-state index in [0.29, 0.717) is 23.8 Å². The van der Waals surface area contributed by atoms with E-state index in [1.54, 1.807) is 6.20 Å². The van der Waals surface area contributed by atoms with Crippen LogP contribution in [-0.2, 0) is 15.9 Å². The summed E-state index contributed by atoms with van der Waals surface area (Å²) in [5.74, 6) is 0.110. The Bertz CT molecular complexity index is 1030. The van der Waals surface area contributed by atoms with E-state index in [0.717, 1.165) is 63.6 Å². The number of benzene rings is 1. The first-order valence-corrected chi connectivity index (χ1v) is 14.8. The van der Waals surface area contributed by atoms with Gasteiger partial charge in [-0.15, -0.1) is 0 Å². The molecule has 1 saturated carbocycles. The van der Waals surface area contributed by atoms with Crippen molar-refractivity contribution in [2.45, 2.75) is 108 Å². The number of pyridine rings is 1. The molecule has 2 aliphatic heterocycles. The number of hydrogen-bond donors (Lipinski definition) is 1. The fraction of sp³-hybridized carbons (Fsp3) is 0.625. The maximum absolute atomic E-state index is 13.3. The van der Waals surface area contributed by atoms with Gasteiger partial charge in [0.05, 0.1) is 23.9 Å². The Hall–Kier alpha value is -2.28. The molecule has 1 aromatic heterocycles. The number of piperidine rings is 1. The molecule has 0 bridgehead atoms. The van der Waals surface area contributed by atoms with E-state index in [2.05, 4.69) is 41.5 Å². The van der Waals surface area contributed by atoms with Gasteiger partial charge >= 0.3 is 0 Å². The molecule has 0 unspecified atom stereocenters. The first-order valence-electron chi connectivity index (χ1n) is 14.8. The maximum atomic E-state index is 13.3. The van der Waals surface area contributed by atoms with Crippen LogP contribution < -0.4 is 5.32 Å².